The highest BCUT2D eigenvalue weighted by atomic mass is 19.1. The Morgan fingerprint density at radius 3 is 2.55 bits per heavy atom. The molecule has 0 bridgehead atoms. The van der Waals surface area contributed by atoms with Gasteiger partial charge in [-0.2, -0.15) is 10.2 Å². The molecule has 1 aromatic carbocycles. The third-order valence-electron chi connectivity index (χ3n) is 6.05. The Morgan fingerprint density at radius 2 is 1.84 bits per heavy atom. The molecule has 2 aromatic heterocycles. The summed E-state index contributed by atoms with van der Waals surface area (Å²) in [6, 6.07) is 10.8. The van der Waals surface area contributed by atoms with Crippen LogP contribution in [0.5, 0.6) is 0 Å². The van der Waals surface area contributed by atoms with E-state index in [0.29, 0.717) is 6.42 Å². The molecule has 160 valence electrons. The van der Waals surface area contributed by atoms with Gasteiger partial charge in [0.2, 0.25) is 0 Å². The Balaban J connectivity index is 1.57. The Kier molecular flexibility index (Phi) is 5.52. The fraction of sp³-hybridized carbons (Fsp3) is 0.333. The number of benzene rings is 1. The molecule has 0 spiro atoms. The van der Waals surface area contributed by atoms with Crippen molar-refractivity contribution in [2.24, 2.45) is 11.1 Å². The van der Waals surface area contributed by atoms with Crippen LogP contribution in [-0.2, 0) is 12.8 Å². The highest BCUT2D eigenvalue weighted by Crippen LogP contribution is 2.49. The molecule has 2 N–H and O–H groups in total. The van der Waals surface area contributed by atoms with Crippen LogP contribution in [0.2, 0.25) is 0 Å². The number of rotatable bonds is 6. The van der Waals surface area contributed by atoms with Crippen molar-refractivity contribution < 1.29 is 13.6 Å². The standard InChI is InChI=1S/C24H24F2N4O/c1-24(2)13-21-15(12-20(29-30-21)22-17(25)9-5-10-18(22)26)16(24)8-3-6-14-7-4-11-19(28-14)23(27)31/h4-5,7,9-12,16H,3,6,8,13H2,1-2H3,(H2,27,31)/t16-/m1/s1. The number of hydrogen-bond acceptors (Lipinski definition) is 4. The van der Waals surface area contributed by atoms with Crippen molar-refractivity contribution in [1.82, 2.24) is 15.2 Å². The van der Waals surface area contributed by atoms with Crippen molar-refractivity contribution in [2.75, 3.05) is 0 Å². The zero-order chi connectivity index (χ0) is 22.2. The van der Waals surface area contributed by atoms with E-state index < -0.39 is 17.5 Å². The van der Waals surface area contributed by atoms with Gasteiger partial charge < -0.3 is 5.73 Å². The van der Waals surface area contributed by atoms with Crippen LogP contribution < -0.4 is 5.73 Å². The van der Waals surface area contributed by atoms with Gasteiger partial charge in [0.25, 0.3) is 5.91 Å². The largest absolute Gasteiger partial charge is 0.364 e. The van der Waals surface area contributed by atoms with Crippen LogP contribution in [0.1, 0.15) is 60.0 Å². The Bertz CT molecular complexity index is 1130. The van der Waals surface area contributed by atoms with Gasteiger partial charge in [0.05, 0.1) is 17.0 Å². The summed E-state index contributed by atoms with van der Waals surface area (Å²) in [7, 11) is 0. The molecular weight excluding hydrogens is 398 g/mol. The van der Waals surface area contributed by atoms with E-state index in [2.05, 4.69) is 29.0 Å². The second-order valence-electron chi connectivity index (χ2n) is 8.72. The van der Waals surface area contributed by atoms with Gasteiger partial charge in [0, 0.05) is 5.69 Å². The SMILES string of the molecule is CC1(C)Cc2nnc(-c3c(F)cccc3F)cc2[C@H]1CCCc1cccc(C(N)=O)n1. The summed E-state index contributed by atoms with van der Waals surface area (Å²) in [5.74, 6) is -1.67. The lowest BCUT2D eigenvalue weighted by Gasteiger charge is -2.27. The molecule has 2 heterocycles. The normalized spacial score (nSPS) is 16.8. The molecule has 5 nitrogen and oxygen atoms in total. The van der Waals surface area contributed by atoms with Crippen LogP contribution in [-0.4, -0.2) is 21.1 Å². The Hall–Kier alpha value is -3.22. The van der Waals surface area contributed by atoms with Gasteiger partial charge in [-0.3, -0.25) is 4.79 Å². The van der Waals surface area contributed by atoms with Gasteiger partial charge in [-0.15, -0.1) is 0 Å². The number of nitrogens with two attached hydrogens (primary N) is 1. The van der Waals surface area contributed by atoms with E-state index in [1.807, 2.05) is 6.07 Å². The van der Waals surface area contributed by atoms with E-state index >= 15 is 0 Å². The quantitative estimate of drug-likeness (QED) is 0.629. The number of nitrogens with zero attached hydrogens (tertiary/aromatic N) is 3. The highest BCUT2D eigenvalue weighted by molar-refractivity contribution is 5.90. The zero-order valence-corrected chi connectivity index (χ0v) is 17.5. The number of carbonyl (C=O) groups is 1. The molecular formula is C24H24F2N4O. The number of hydrogen-bond donors (Lipinski definition) is 1. The van der Waals surface area contributed by atoms with Gasteiger partial charge in [-0.05, 0) is 72.9 Å². The van der Waals surface area contributed by atoms with Gasteiger partial charge in [0.1, 0.15) is 17.3 Å². The molecule has 7 heteroatoms. The van der Waals surface area contributed by atoms with Crippen molar-refractivity contribution in [1.29, 1.82) is 0 Å². The fourth-order valence-corrected chi connectivity index (χ4v) is 4.50. The van der Waals surface area contributed by atoms with Crippen LogP contribution >= 0.6 is 0 Å². The number of primary amides is 1. The minimum Gasteiger partial charge on any atom is -0.364 e. The van der Waals surface area contributed by atoms with E-state index in [9.17, 15) is 13.6 Å². The maximum atomic E-state index is 14.3. The number of fused-ring (bicyclic) bond motifs is 1. The molecule has 1 aliphatic rings. The molecule has 4 rings (SSSR count). The summed E-state index contributed by atoms with van der Waals surface area (Å²) in [6.45, 7) is 4.35. The lowest BCUT2D eigenvalue weighted by atomic mass is 9.77. The van der Waals surface area contributed by atoms with Crippen molar-refractivity contribution in [2.45, 2.75) is 45.4 Å². The average molecular weight is 422 g/mol. The van der Waals surface area contributed by atoms with Crippen LogP contribution in [0, 0.1) is 17.0 Å². The number of amides is 1. The number of aryl methyl sites for hydroxylation is 1. The maximum Gasteiger partial charge on any atom is 0.267 e. The monoisotopic (exact) mass is 422 g/mol. The lowest BCUT2D eigenvalue weighted by molar-refractivity contribution is 0.0995. The molecule has 1 atom stereocenters. The van der Waals surface area contributed by atoms with Crippen LogP contribution in [0.15, 0.2) is 42.5 Å². The zero-order valence-electron chi connectivity index (χ0n) is 17.5. The number of halogens is 2. The first-order chi connectivity index (χ1) is 14.8. The molecule has 31 heavy (non-hydrogen) atoms. The van der Waals surface area contributed by atoms with E-state index in [4.69, 9.17) is 5.73 Å². The minimum absolute atomic E-state index is 0.0497. The molecule has 1 aliphatic carbocycles. The highest BCUT2D eigenvalue weighted by Gasteiger charge is 2.40. The van der Waals surface area contributed by atoms with Crippen LogP contribution in [0.4, 0.5) is 8.78 Å². The van der Waals surface area contributed by atoms with Gasteiger partial charge in [0.15, 0.2) is 0 Å². The van der Waals surface area contributed by atoms with Crippen molar-refractivity contribution in [3.05, 3.63) is 76.7 Å². The maximum absolute atomic E-state index is 14.3. The molecule has 1 amide bonds. The predicted molar refractivity (Wildman–Crippen MR) is 113 cm³/mol. The summed E-state index contributed by atoms with van der Waals surface area (Å²) < 4.78 is 28.5. The molecule has 0 unspecified atom stereocenters. The average Bonchev–Trinajstić information content (AvgIpc) is 2.97. The second-order valence-corrected chi connectivity index (χ2v) is 8.72. The van der Waals surface area contributed by atoms with E-state index in [1.54, 1.807) is 18.2 Å². The summed E-state index contributed by atoms with van der Waals surface area (Å²) in [5.41, 5.74) is 8.29. The van der Waals surface area contributed by atoms with E-state index in [-0.39, 0.29) is 28.3 Å². The van der Waals surface area contributed by atoms with E-state index in [0.717, 1.165) is 36.2 Å². The number of aromatic nitrogens is 3. The van der Waals surface area contributed by atoms with Gasteiger partial charge in [-0.25, -0.2) is 13.8 Å². The number of pyridine rings is 1. The summed E-state index contributed by atoms with van der Waals surface area (Å²) in [5, 5.41) is 8.43. The van der Waals surface area contributed by atoms with Crippen molar-refractivity contribution in [3.63, 3.8) is 0 Å². The first-order valence-electron chi connectivity index (χ1n) is 10.3. The second kappa shape index (κ2) is 8.13. The molecule has 0 saturated carbocycles. The van der Waals surface area contributed by atoms with E-state index in [1.165, 1.54) is 18.2 Å². The van der Waals surface area contributed by atoms with Crippen molar-refractivity contribution >= 4 is 5.91 Å². The number of carbonyl (C=O) groups excluding carboxylic acids is 1. The molecule has 3 aromatic rings. The van der Waals surface area contributed by atoms with Crippen LogP contribution in [0.25, 0.3) is 11.3 Å². The smallest absolute Gasteiger partial charge is 0.267 e. The predicted octanol–water partition coefficient (Wildman–Crippen LogP) is 4.60. The lowest BCUT2D eigenvalue weighted by Crippen LogP contribution is -2.18. The molecule has 0 radical (unpaired) electrons. The first-order valence-corrected chi connectivity index (χ1v) is 10.3. The molecule has 0 fully saturated rings. The fourth-order valence-electron chi connectivity index (χ4n) is 4.50. The minimum atomic E-state index is -0.650. The van der Waals surface area contributed by atoms with Gasteiger partial charge >= 0.3 is 0 Å². The third kappa shape index (κ3) is 4.17. The summed E-state index contributed by atoms with van der Waals surface area (Å²) in [6.07, 6.45) is 3.16. The Morgan fingerprint density at radius 1 is 1.13 bits per heavy atom. The van der Waals surface area contributed by atoms with Gasteiger partial charge in [-0.1, -0.05) is 26.0 Å². The third-order valence-corrected chi connectivity index (χ3v) is 6.05. The molecule has 0 aliphatic heterocycles. The Labute approximate surface area is 179 Å². The van der Waals surface area contributed by atoms with Crippen LogP contribution in [0.3, 0.4) is 0 Å². The summed E-state index contributed by atoms with van der Waals surface area (Å²) in [4.78, 5) is 15.7. The summed E-state index contributed by atoms with van der Waals surface area (Å²) >= 11 is 0. The first kappa shape index (κ1) is 21.0. The van der Waals surface area contributed by atoms with Crippen molar-refractivity contribution in [3.8, 4) is 11.3 Å². The molecule has 0 saturated heterocycles. The topological polar surface area (TPSA) is 81.8 Å².